The van der Waals surface area contributed by atoms with Gasteiger partial charge in [-0.15, -0.1) is 0 Å². The molecule has 2 nitrogen and oxygen atoms in total. The molecule has 2 aromatic rings. The minimum Gasteiger partial charge on any atom is -0.492 e. The molecule has 0 saturated heterocycles. The van der Waals surface area contributed by atoms with Gasteiger partial charge in [-0.25, -0.2) is 0 Å². The zero-order chi connectivity index (χ0) is 14.2. The first kappa shape index (κ1) is 14.9. The summed E-state index contributed by atoms with van der Waals surface area (Å²) in [5, 5.41) is 3.45. The Morgan fingerprint density at radius 1 is 1.05 bits per heavy atom. The summed E-state index contributed by atoms with van der Waals surface area (Å²) < 4.78 is 6.77. The van der Waals surface area contributed by atoms with E-state index in [4.69, 9.17) is 4.74 Å². The highest BCUT2D eigenvalue weighted by Crippen LogP contribution is 2.17. The molecule has 1 N–H and O–H groups in total. The number of aryl methyl sites for hydroxylation is 1. The number of halogens is 1. The highest BCUT2D eigenvalue weighted by molar-refractivity contribution is 9.10. The largest absolute Gasteiger partial charge is 0.492 e. The van der Waals surface area contributed by atoms with E-state index in [0.29, 0.717) is 6.61 Å². The number of para-hydroxylation sites is 1. The predicted octanol–water partition coefficient (Wildman–Crippen LogP) is 4.89. The normalized spacial score (nSPS) is 10.3. The van der Waals surface area contributed by atoms with Crippen LogP contribution in [0.4, 0.5) is 5.69 Å². The molecule has 0 aliphatic heterocycles. The molecule has 0 saturated carbocycles. The van der Waals surface area contributed by atoms with Crippen molar-refractivity contribution in [1.82, 2.24) is 0 Å². The smallest absolute Gasteiger partial charge is 0.119 e. The fraction of sp³-hybridized carbons (Fsp3) is 0.294. The molecule has 0 atom stereocenters. The summed E-state index contributed by atoms with van der Waals surface area (Å²) in [5.74, 6) is 0.900. The molecule has 0 fully saturated rings. The molecule has 0 amide bonds. The number of nitrogens with one attached hydrogen (secondary N) is 1. The number of ether oxygens (including phenoxy) is 1. The van der Waals surface area contributed by atoms with E-state index in [0.717, 1.165) is 29.6 Å². The van der Waals surface area contributed by atoms with E-state index in [1.807, 2.05) is 24.3 Å². The third-order valence-corrected chi connectivity index (χ3v) is 3.57. The van der Waals surface area contributed by atoms with Crippen LogP contribution in [0, 0.1) is 0 Å². The number of anilines is 1. The van der Waals surface area contributed by atoms with Crippen LogP contribution in [0.25, 0.3) is 0 Å². The molecule has 2 aromatic carbocycles. The van der Waals surface area contributed by atoms with Gasteiger partial charge in [0.2, 0.25) is 0 Å². The molecule has 0 aliphatic carbocycles. The average Bonchev–Trinajstić information content (AvgIpc) is 2.47. The summed E-state index contributed by atoms with van der Waals surface area (Å²) in [6.45, 7) is 3.66. The predicted molar refractivity (Wildman–Crippen MR) is 88.6 cm³/mol. The van der Waals surface area contributed by atoms with Crippen molar-refractivity contribution < 1.29 is 4.74 Å². The van der Waals surface area contributed by atoms with E-state index in [9.17, 15) is 0 Å². The fourth-order valence-corrected chi connectivity index (χ4v) is 2.33. The van der Waals surface area contributed by atoms with Crippen molar-refractivity contribution in [2.24, 2.45) is 0 Å². The van der Waals surface area contributed by atoms with Gasteiger partial charge in [-0.3, -0.25) is 0 Å². The van der Waals surface area contributed by atoms with Crippen molar-refractivity contribution in [3.05, 3.63) is 58.6 Å². The Kier molecular flexibility index (Phi) is 5.93. The highest BCUT2D eigenvalue weighted by atomic mass is 79.9. The van der Waals surface area contributed by atoms with Crippen LogP contribution < -0.4 is 10.1 Å². The highest BCUT2D eigenvalue weighted by Gasteiger charge is 2.00. The molecule has 0 unspecified atom stereocenters. The molecule has 20 heavy (non-hydrogen) atoms. The molecule has 0 radical (unpaired) electrons. The standard InChI is InChI=1S/C17H20BrNO/c1-2-5-14-6-3-4-7-17(14)19-12-13-20-16-10-8-15(18)9-11-16/h3-4,6-11,19H,2,5,12-13H2,1H3. The molecular weight excluding hydrogens is 314 g/mol. The first-order valence-corrected chi connectivity index (χ1v) is 7.79. The van der Waals surface area contributed by atoms with Crippen LogP contribution in [0.5, 0.6) is 5.75 Å². The first-order valence-electron chi connectivity index (χ1n) is 6.99. The summed E-state index contributed by atoms with van der Waals surface area (Å²) in [6, 6.07) is 16.4. The van der Waals surface area contributed by atoms with Crippen LogP contribution in [0.15, 0.2) is 53.0 Å². The van der Waals surface area contributed by atoms with Crippen LogP contribution >= 0.6 is 15.9 Å². The van der Waals surface area contributed by atoms with Crippen molar-refractivity contribution in [3.8, 4) is 5.75 Å². The molecule has 0 heterocycles. The van der Waals surface area contributed by atoms with Crippen LogP contribution in [0.3, 0.4) is 0 Å². The van der Waals surface area contributed by atoms with Crippen molar-refractivity contribution in [2.75, 3.05) is 18.5 Å². The first-order chi connectivity index (χ1) is 9.79. The lowest BCUT2D eigenvalue weighted by atomic mass is 10.1. The molecule has 0 bridgehead atoms. The van der Waals surface area contributed by atoms with Gasteiger partial charge >= 0.3 is 0 Å². The van der Waals surface area contributed by atoms with Gasteiger partial charge in [-0.05, 0) is 42.3 Å². The summed E-state index contributed by atoms with van der Waals surface area (Å²) in [4.78, 5) is 0. The number of hydrogen-bond donors (Lipinski definition) is 1. The average molecular weight is 334 g/mol. The SMILES string of the molecule is CCCc1ccccc1NCCOc1ccc(Br)cc1. The number of rotatable bonds is 7. The van der Waals surface area contributed by atoms with Gasteiger partial charge in [-0.2, -0.15) is 0 Å². The van der Waals surface area contributed by atoms with Crippen molar-refractivity contribution in [3.63, 3.8) is 0 Å². The molecule has 0 aliphatic rings. The van der Waals surface area contributed by atoms with E-state index in [1.54, 1.807) is 0 Å². The molecule has 106 valence electrons. The molecule has 3 heteroatoms. The Morgan fingerprint density at radius 2 is 1.80 bits per heavy atom. The topological polar surface area (TPSA) is 21.3 Å². The van der Waals surface area contributed by atoms with Gasteiger partial charge in [0.05, 0.1) is 0 Å². The van der Waals surface area contributed by atoms with Crippen LogP contribution in [-0.4, -0.2) is 13.2 Å². The number of hydrogen-bond acceptors (Lipinski definition) is 2. The van der Waals surface area contributed by atoms with Crippen LogP contribution in [0.2, 0.25) is 0 Å². The van der Waals surface area contributed by atoms with E-state index in [2.05, 4.69) is 52.4 Å². The summed E-state index contributed by atoms with van der Waals surface area (Å²) in [7, 11) is 0. The molecular formula is C17H20BrNO. The van der Waals surface area contributed by atoms with E-state index in [-0.39, 0.29) is 0 Å². The quantitative estimate of drug-likeness (QED) is 0.728. The minimum absolute atomic E-state index is 0.655. The Hall–Kier alpha value is -1.48. The maximum atomic E-state index is 5.70. The van der Waals surface area contributed by atoms with Gasteiger partial charge in [0, 0.05) is 16.7 Å². The Bertz CT molecular complexity index is 525. The van der Waals surface area contributed by atoms with Crippen molar-refractivity contribution >= 4 is 21.6 Å². The molecule has 0 aromatic heterocycles. The van der Waals surface area contributed by atoms with Gasteiger partial charge in [0.1, 0.15) is 12.4 Å². The fourth-order valence-electron chi connectivity index (χ4n) is 2.07. The lowest BCUT2D eigenvalue weighted by Crippen LogP contribution is -2.12. The van der Waals surface area contributed by atoms with Crippen LogP contribution in [-0.2, 0) is 6.42 Å². The van der Waals surface area contributed by atoms with Crippen LogP contribution in [0.1, 0.15) is 18.9 Å². The van der Waals surface area contributed by atoms with Gasteiger partial charge in [0.25, 0.3) is 0 Å². The molecule has 2 rings (SSSR count). The summed E-state index contributed by atoms with van der Waals surface area (Å²) in [5.41, 5.74) is 2.59. The lowest BCUT2D eigenvalue weighted by Gasteiger charge is -2.12. The lowest BCUT2D eigenvalue weighted by molar-refractivity contribution is 0.333. The second kappa shape index (κ2) is 7.95. The number of benzene rings is 2. The maximum Gasteiger partial charge on any atom is 0.119 e. The summed E-state index contributed by atoms with van der Waals surface area (Å²) in [6.07, 6.45) is 2.27. The zero-order valence-electron chi connectivity index (χ0n) is 11.7. The second-order valence-corrected chi connectivity index (χ2v) is 5.55. The maximum absolute atomic E-state index is 5.70. The molecule has 0 spiro atoms. The minimum atomic E-state index is 0.655. The summed E-state index contributed by atoms with van der Waals surface area (Å²) >= 11 is 3.41. The third kappa shape index (κ3) is 4.57. The second-order valence-electron chi connectivity index (χ2n) is 4.64. The van der Waals surface area contributed by atoms with Gasteiger partial charge < -0.3 is 10.1 Å². The van der Waals surface area contributed by atoms with E-state index >= 15 is 0 Å². The van der Waals surface area contributed by atoms with E-state index in [1.165, 1.54) is 11.3 Å². The van der Waals surface area contributed by atoms with Gasteiger partial charge in [0.15, 0.2) is 0 Å². The third-order valence-electron chi connectivity index (χ3n) is 3.04. The van der Waals surface area contributed by atoms with Crippen molar-refractivity contribution in [1.29, 1.82) is 0 Å². The Morgan fingerprint density at radius 3 is 2.55 bits per heavy atom. The monoisotopic (exact) mass is 333 g/mol. The van der Waals surface area contributed by atoms with Crippen molar-refractivity contribution in [2.45, 2.75) is 19.8 Å². The Labute approximate surface area is 129 Å². The van der Waals surface area contributed by atoms with Gasteiger partial charge in [-0.1, -0.05) is 47.5 Å². The van der Waals surface area contributed by atoms with E-state index < -0.39 is 0 Å². The zero-order valence-corrected chi connectivity index (χ0v) is 13.3. The Balaban J connectivity index is 1.79.